The van der Waals surface area contributed by atoms with E-state index in [0.29, 0.717) is 6.42 Å². The molecule has 2 aromatic rings. The van der Waals surface area contributed by atoms with E-state index in [1.165, 1.54) is 12.1 Å². The van der Waals surface area contributed by atoms with Crippen LogP contribution in [0.25, 0.3) is 0 Å². The summed E-state index contributed by atoms with van der Waals surface area (Å²) in [7, 11) is 0. The normalized spacial score (nSPS) is 12.4. The molecule has 0 aliphatic heterocycles. The van der Waals surface area contributed by atoms with Crippen molar-refractivity contribution in [2.75, 3.05) is 0 Å². The molecular formula is C15H14ClF. The Bertz CT molecular complexity index is 494. The predicted octanol–water partition coefficient (Wildman–Crippen LogP) is 4.66. The van der Waals surface area contributed by atoms with Crippen LogP contribution in [-0.4, -0.2) is 0 Å². The lowest BCUT2D eigenvalue weighted by Gasteiger charge is -2.13. The second-order valence-corrected chi connectivity index (χ2v) is 4.68. The highest BCUT2D eigenvalue weighted by Crippen LogP contribution is 2.28. The van der Waals surface area contributed by atoms with Crippen LogP contribution in [0.1, 0.15) is 22.1 Å². The van der Waals surface area contributed by atoms with Crippen LogP contribution in [0.15, 0.2) is 48.5 Å². The van der Waals surface area contributed by atoms with Crippen LogP contribution >= 0.6 is 11.6 Å². The molecule has 0 aliphatic carbocycles. The fourth-order valence-corrected chi connectivity index (χ4v) is 2.29. The van der Waals surface area contributed by atoms with Crippen molar-refractivity contribution in [3.05, 3.63) is 71.0 Å². The molecule has 88 valence electrons. The third-order valence-electron chi connectivity index (χ3n) is 2.84. The quantitative estimate of drug-likeness (QED) is 0.694. The van der Waals surface area contributed by atoms with E-state index in [4.69, 9.17) is 11.6 Å². The first-order valence-electron chi connectivity index (χ1n) is 5.61. The van der Waals surface area contributed by atoms with Gasteiger partial charge in [-0.15, -0.1) is 11.6 Å². The molecule has 0 N–H and O–H groups in total. The molecule has 0 saturated carbocycles. The summed E-state index contributed by atoms with van der Waals surface area (Å²) in [5, 5.41) is -0.187. The minimum Gasteiger partial charge on any atom is -0.207 e. The molecule has 0 spiro atoms. The number of aryl methyl sites for hydroxylation is 1. The van der Waals surface area contributed by atoms with Gasteiger partial charge in [-0.1, -0.05) is 36.4 Å². The lowest BCUT2D eigenvalue weighted by Crippen LogP contribution is -1.99. The van der Waals surface area contributed by atoms with Gasteiger partial charge in [0.15, 0.2) is 0 Å². The Morgan fingerprint density at radius 2 is 1.82 bits per heavy atom. The van der Waals surface area contributed by atoms with Crippen molar-refractivity contribution in [1.82, 2.24) is 0 Å². The molecule has 17 heavy (non-hydrogen) atoms. The van der Waals surface area contributed by atoms with E-state index in [9.17, 15) is 4.39 Å². The van der Waals surface area contributed by atoms with Crippen LogP contribution in [0.5, 0.6) is 0 Å². The molecule has 2 aromatic carbocycles. The summed E-state index contributed by atoms with van der Waals surface area (Å²) in [6.07, 6.45) is 0.715. The summed E-state index contributed by atoms with van der Waals surface area (Å²) in [5.41, 5.74) is 3.06. The molecule has 0 saturated heterocycles. The molecule has 0 radical (unpaired) electrons. The number of rotatable bonds is 3. The summed E-state index contributed by atoms with van der Waals surface area (Å²) in [6.45, 7) is 1.95. The number of halogens is 2. The van der Waals surface area contributed by atoms with Crippen molar-refractivity contribution < 1.29 is 4.39 Å². The van der Waals surface area contributed by atoms with Gasteiger partial charge in [0, 0.05) is 0 Å². The van der Waals surface area contributed by atoms with E-state index < -0.39 is 0 Å². The number of hydrogen-bond donors (Lipinski definition) is 0. The Morgan fingerprint density at radius 3 is 2.53 bits per heavy atom. The molecule has 2 rings (SSSR count). The van der Waals surface area contributed by atoms with Crippen LogP contribution < -0.4 is 0 Å². The van der Waals surface area contributed by atoms with Gasteiger partial charge in [-0.3, -0.25) is 0 Å². The molecule has 0 heterocycles. The first-order chi connectivity index (χ1) is 8.16. The van der Waals surface area contributed by atoms with Crippen molar-refractivity contribution >= 4 is 11.6 Å². The van der Waals surface area contributed by atoms with Gasteiger partial charge < -0.3 is 0 Å². The number of alkyl halides is 1. The summed E-state index contributed by atoms with van der Waals surface area (Å²) in [6, 6.07) is 14.8. The average molecular weight is 249 g/mol. The van der Waals surface area contributed by atoms with Crippen molar-refractivity contribution in [3.63, 3.8) is 0 Å². The third-order valence-corrected chi connectivity index (χ3v) is 3.23. The van der Waals surface area contributed by atoms with Gasteiger partial charge in [-0.25, -0.2) is 4.39 Å². The van der Waals surface area contributed by atoms with E-state index in [1.807, 2.05) is 37.3 Å². The highest BCUT2D eigenvalue weighted by Gasteiger charge is 2.12. The van der Waals surface area contributed by atoms with Gasteiger partial charge in [0.2, 0.25) is 0 Å². The third kappa shape index (κ3) is 3.07. The maximum atomic E-state index is 13.2. The van der Waals surface area contributed by atoms with Gasteiger partial charge in [-0.05, 0) is 42.2 Å². The Kier molecular flexibility index (Phi) is 3.80. The molecule has 0 aliphatic rings. The van der Waals surface area contributed by atoms with Crippen LogP contribution in [0.3, 0.4) is 0 Å². The molecule has 0 bridgehead atoms. The van der Waals surface area contributed by atoms with Crippen LogP contribution in [0, 0.1) is 12.7 Å². The van der Waals surface area contributed by atoms with Crippen LogP contribution in [-0.2, 0) is 6.42 Å². The summed E-state index contributed by atoms with van der Waals surface area (Å²) < 4.78 is 13.2. The first-order valence-corrected chi connectivity index (χ1v) is 6.04. The largest absolute Gasteiger partial charge is 0.207 e. The number of hydrogen-bond acceptors (Lipinski definition) is 0. The highest BCUT2D eigenvalue weighted by molar-refractivity contribution is 6.21. The molecule has 1 atom stereocenters. The van der Waals surface area contributed by atoms with Gasteiger partial charge in [0.25, 0.3) is 0 Å². The van der Waals surface area contributed by atoms with Gasteiger partial charge in [0.1, 0.15) is 5.82 Å². The molecule has 0 fully saturated rings. The van der Waals surface area contributed by atoms with E-state index in [2.05, 4.69) is 0 Å². The molecule has 0 aromatic heterocycles. The fourth-order valence-electron chi connectivity index (χ4n) is 1.88. The standard InChI is InChI=1S/C15H14ClF/c1-11-7-8-13(17)10-14(11)15(16)9-12-5-3-2-4-6-12/h2-8,10,15H,9H2,1H3. The zero-order valence-electron chi connectivity index (χ0n) is 9.66. The minimum absolute atomic E-state index is 0.187. The Labute approximate surface area is 106 Å². The first kappa shape index (κ1) is 12.1. The van der Waals surface area contributed by atoms with Gasteiger partial charge in [0.05, 0.1) is 5.38 Å². The molecule has 2 heteroatoms. The zero-order valence-corrected chi connectivity index (χ0v) is 10.4. The summed E-state index contributed by atoms with van der Waals surface area (Å²) in [5.74, 6) is -0.232. The van der Waals surface area contributed by atoms with Crippen molar-refractivity contribution in [2.45, 2.75) is 18.7 Å². The Morgan fingerprint density at radius 1 is 1.12 bits per heavy atom. The van der Waals surface area contributed by atoms with E-state index in [0.717, 1.165) is 16.7 Å². The maximum Gasteiger partial charge on any atom is 0.123 e. The van der Waals surface area contributed by atoms with Crippen molar-refractivity contribution in [3.8, 4) is 0 Å². The second kappa shape index (κ2) is 5.33. The Balaban J connectivity index is 2.20. The summed E-state index contributed by atoms with van der Waals surface area (Å²) in [4.78, 5) is 0. The van der Waals surface area contributed by atoms with Crippen LogP contribution in [0.4, 0.5) is 4.39 Å². The lowest BCUT2D eigenvalue weighted by atomic mass is 10.00. The molecule has 0 amide bonds. The minimum atomic E-state index is -0.232. The van der Waals surface area contributed by atoms with E-state index in [1.54, 1.807) is 6.07 Å². The lowest BCUT2D eigenvalue weighted by molar-refractivity contribution is 0.624. The SMILES string of the molecule is Cc1ccc(F)cc1C(Cl)Cc1ccccc1. The number of benzene rings is 2. The second-order valence-electron chi connectivity index (χ2n) is 4.16. The van der Waals surface area contributed by atoms with Crippen molar-refractivity contribution in [1.29, 1.82) is 0 Å². The highest BCUT2D eigenvalue weighted by atomic mass is 35.5. The topological polar surface area (TPSA) is 0 Å². The molecule has 1 unspecified atom stereocenters. The zero-order chi connectivity index (χ0) is 12.3. The maximum absolute atomic E-state index is 13.2. The van der Waals surface area contributed by atoms with Gasteiger partial charge in [-0.2, -0.15) is 0 Å². The van der Waals surface area contributed by atoms with Gasteiger partial charge >= 0.3 is 0 Å². The molecule has 0 nitrogen and oxygen atoms in total. The molecular weight excluding hydrogens is 235 g/mol. The fraction of sp³-hybridized carbons (Fsp3) is 0.200. The van der Waals surface area contributed by atoms with Crippen molar-refractivity contribution in [2.24, 2.45) is 0 Å². The summed E-state index contributed by atoms with van der Waals surface area (Å²) >= 11 is 6.35. The van der Waals surface area contributed by atoms with Crippen LogP contribution in [0.2, 0.25) is 0 Å². The Hall–Kier alpha value is -1.34. The monoisotopic (exact) mass is 248 g/mol. The van der Waals surface area contributed by atoms with E-state index in [-0.39, 0.29) is 11.2 Å². The van der Waals surface area contributed by atoms with E-state index >= 15 is 0 Å². The predicted molar refractivity (Wildman–Crippen MR) is 69.9 cm³/mol. The average Bonchev–Trinajstić information content (AvgIpc) is 2.33. The smallest absolute Gasteiger partial charge is 0.123 e.